The van der Waals surface area contributed by atoms with Crippen molar-refractivity contribution >= 4 is 11.4 Å². The van der Waals surface area contributed by atoms with Crippen LogP contribution in [0.5, 0.6) is 0 Å². The van der Waals surface area contributed by atoms with Crippen molar-refractivity contribution in [2.24, 2.45) is 0 Å². The van der Waals surface area contributed by atoms with E-state index in [9.17, 15) is 0 Å². The van der Waals surface area contributed by atoms with E-state index in [2.05, 4.69) is 36.3 Å². The predicted molar refractivity (Wildman–Crippen MR) is 77.3 cm³/mol. The monoisotopic (exact) mass is 260 g/mol. The fourth-order valence-electron chi connectivity index (χ4n) is 1.91. The Morgan fingerprint density at radius 3 is 2.58 bits per heavy atom. The highest BCUT2D eigenvalue weighted by Crippen LogP contribution is 2.25. The van der Waals surface area contributed by atoms with Gasteiger partial charge >= 0.3 is 0 Å². The number of hydrogen-bond acceptors (Lipinski definition) is 4. The minimum absolute atomic E-state index is 0.0604. The van der Waals surface area contributed by atoms with E-state index in [1.165, 1.54) is 5.69 Å². The average molecular weight is 260 g/mol. The van der Waals surface area contributed by atoms with Gasteiger partial charge in [-0.1, -0.05) is 12.1 Å². The molecule has 0 unspecified atom stereocenters. The second kappa shape index (κ2) is 6.29. The number of furan rings is 1. The Morgan fingerprint density at radius 2 is 1.89 bits per heavy atom. The molecule has 0 bridgehead atoms. The highest BCUT2D eigenvalue weighted by molar-refractivity contribution is 5.69. The van der Waals surface area contributed by atoms with Crippen molar-refractivity contribution in [3.63, 3.8) is 0 Å². The molecule has 0 aliphatic heterocycles. The molecule has 0 aliphatic carbocycles. The Labute approximate surface area is 113 Å². The lowest BCUT2D eigenvalue weighted by molar-refractivity contribution is 0.244. The van der Waals surface area contributed by atoms with Gasteiger partial charge in [-0.2, -0.15) is 0 Å². The standard InChI is InChI=1S/C15H20N2O2/c1-3-17(2)15-7-5-4-6-14(15)16-10-12-8-9-13(11-18)19-12/h4-9,16,18H,3,10-11H2,1-2H3. The molecule has 0 spiro atoms. The molecule has 102 valence electrons. The van der Waals surface area contributed by atoms with Gasteiger partial charge in [-0.05, 0) is 31.2 Å². The Morgan fingerprint density at radius 1 is 1.16 bits per heavy atom. The molecule has 19 heavy (non-hydrogen) atoms. The Hall–Kier alpha value is -1.94. The number of anilines is 2. The first kappa shape index (κ1) is 13.5. The number of hydrogen-bond donors (Lipinski definition) is 2. The minimum atomic E-state index is -0.0604. The quantitative estimate of drug-likeness (QED) is 0.838. The summed E-state index contributed by atoms with van der Waals surface area (Å²) >= 11 is 0. The molecular formula is C15H20N2O2. The maximum absolute atomic E-state index is 8.96. The minimum Gasteiger partial charge on any atom is -0.462 e. The van der Waals surface area contributed by atoms with Crippen molar-refractivity contribution in [2.75, 3.05) is 23.8 Å². The van der Waals surface area contributed by atoms with Gasteiger partial charge in [0.15, 0.2) is 0 Å². The van der Waals surface area contributed by atoms with Gasteiger partial charge in [0.2, 0.25) is 0 Å². The molecule has 0 amide bonds. The highest BCUT2D eigenvalue weighted by atomic mass is 16.4. The third-order valence-corrected chi connectivity index (χ3v) is 3.12. The van der Waals surface area contributed by atoms with Gasteiger partial charge in [-0.15, -0.1) is 0 Å². The molecule has 1 aromatic carbocycles. The first-order valence-corrected chi connectivity index (χ1v) is 6.47. The van der Waals surface area contributed by atoms with E-state index in [4.69, 9.17) is 9.52 Å². The van der Waals surface area contributed by atoms with E-state index in [1.807, 2.05) is 18.2 Å². The van der Waals surface area contributed by atoms with Gasteiger partial charge < -0.3 is 19.7 Å². The Kier molecular flexibility index (Phi) is 4.47. The molecule has 4 heteroatoms. The molecule has 0 radical (unpaired) electrons. The van der Waals surface area contributed by atoms with Crippen molar-refractivity contribution in [3.05, 3.63) is 47.9 Å². The van der Waals surface area contributed by atoms with E-state index < -0.39 is 0 Å². The molecule has 2 aromatic rings. The van der Waals surface area contributed by atoms with Crippen LogP contribution in [0.4, 0.5) is 11.4 Å². The van der Waals surface area contributed by atoms with E-state index in [0.717, 1.165) is 18.0 Å². The molecule has 1 heterocycles. The van der Waals surface area contributed by atoms with Crippen molar-refractivity contribution in [1.29, 1.82) is 0 Å². The highest BCUT2D eigenvalue weighted by Gasteiger charge is 2.06. The van der Waals surface area contributed by atoms with Crippen molar-refractivity contribution < 1.29 is 9.52 Å². The SMILES string of the molecule is CCN(C)c1ccccc1NCc1ccc(CO)o1. The second-order valence-electron chi connectivity index (χ2n) is 4.41. The number of nitrogens with zero attached hydrogens (tertiary/aromatic N) is 1. The van der Waals surface area contributed by atoms with Gasteiger partial charge in [0.25, 0.3) is 0 Å². The van der Waals surface area contributed by atoms with Crippen LogP contribution >= 0.6 is 0 Å². The molecule has 0 aliphatic rings. The van der Waals surface area contributed by atoms with E-state index in [0.29, 0.717) is 12.3 Å². The third kappa shape index (κ3) is 3.29. The maximum atomic E-state index is 8.96. The lowest BCUT2D eigenvalue weighted by Crippen LogP contribution is -2.17. The molecule has 0 atom stereocenters. The molecule has 2 rings (SSSR count). The lowest BCUT2D eigenvalue weighted by atomic mass is 10.2. The summed E-state index contributed by atoms with van der Waals surface area (Å²) in [6, 6.07) is 11.9. The first-order chi connectivity index (χ1) is 9.24. The van der Waals surface area contributed by atoms with Gasteiger partial charge in [-0.25, -0.2) is 0 Å². The Bertz CT molecular complexity index is 522. The van der Waals surface area contributed by atoms with Crippen LogP contribution < -0.4 is 10.2 Å². The van der Waals surface area contributed by atoms with Crippen LogP contribution in [-0.2, 0) is 13.2 Å². The molecule has 0 fully saturated rings. The number of aliphatic hydroxyl groups excluding tert-OH is 1. The summed E-state index contributed by atoms with van der Waals surface area (Å²) < 4.78 is 5.46. The van der Waals surface area contributed by atoms with Gasteiger partial charge in [-0.3, -0.25) is 0 Å². The molecule has 1 aromatic heterocycles. The Balaban J connectivity index is 2.06. The fourth-order valence-corrected chi connectivity index (χ4v) is 1.91. The zero-order chi connectivity index (χ0) is 13.7. The van der Waals surface area contributed by atoms with Crippen molar-refractivity contribution in [2.45, 2.75) is 20.1 Å². The van der Waals surface area contributed by atoms with E-state index in [1.54, 1.807) is 6.07 Å². The summed E-state index contributed by atoms with van der Waals surface area (Å²) in [5, 5.41) is 12.3. The largest absolute Gasteiger partial charge is 0.462 e. The fraction of sp³-hybridized carbons (Fsp3) is 0.333. The van der Waals surface area contributed by atoms with Crippen LogP contribution in [0, 0.1) is 0 Å². The van der Waals surface area contributed by atoms with Crippen molar-refractivity contribution in [1.82, 2.24) is 0 Å². The average Bonchev–Trinajstić information content (AvgIpc) is 2.92. The summed E-state index contributed by atoms with van der Waals surface area (Å²) in [6.45, 7) is 3.62. The molecular weight excluding hydrogens is 240 g/mol. The first-order valence-electron chi connectivity index (χ1n) is 6.47. The molecule has 0 saturated carbocycles. The van der Waals surface area contributed by atoms with Gasteiger partial charge in [0, 0.05) is 13.6 Å². The van der Waals surface area contributed by atoms with Crippen LogP contribution in [0.3, 0.4) is 0 Å². The molecule has 0 saturated heterocycles. The summed E-state index contributed by atoms with van der Waals surface area (Å²) in [5.74, 6) is 1.41. The summed E-state index contributed by atoms with van der Waals surface area (Å²) in [7, 11) is 2.07. The van der Waals surface area contributed by atoms with E-state index >= 15 is 0 Å². The van der Waals surface area contributed by atoms with Crippen LogP contribution in [0.25, 0.3) is 0 Å². The smallest absolute Gasteiger partial charge is 0.129 e. The number of rotatable bonds is 6. The zero-order valence-corrected chi connectivity index (χ0v) is 11.4. The van der Waals surface area contributed by atoms with Crippen molar-refractivity contribution in [3.8, 4) is 0 Å². The predicted octanol–water partition coefficient (Wildman–Crippen LogP) is 2.84. The number of benzene rings is 1. The molecule has 2 N–H and O–H groups in total. The summed E-state index contributed by atoms with van der Waals surface area (Å²) in [5.41, 5.74) is 2.24. The maximum Gasteiger partial charge on any atom is 0.129 e. The lowest BCUT2D eigenvalue weighted by Gasteiger charge is -2.21. The molecule has 4 nitrogen and oxygen atoms in total. The van der Waals surface area contributed by atoms with Crippen LogP contribution in [0.2, 0.25) is 0 Å². The number of nitrogens with one attached hydrogen (secondary N) is 1. The number of para-hydroxylation sites is 2. The number of aliphatic hydroxyl groups is 1. The van der Waals surface area contributed by atoms with Crippen LogP contribution in [0.1, 0.15) is 18.4 Å². The topological polar surface area (TPSA) is 48.6 Å². The van der Waals surface area contributed by atoms with Crippen LogP contribution in [0.15, 0.2) is 40.8 Å². The van der Waals surface area contributed by atoms with Gasteiger partial charge in [0.1, 0.15) is 18.1 Å². The zero-order valence-electron chi connectivity index (χ0n) is 11.4. The van der Waals surface area contributed by atoms with Crippen LogP contribution in [-0.4, -0.2) is 18.7 Å². The summed E-state index contributed by atoms with van der Waals surface area (Å²) in [6.07, 6.45) is 0. The summed E-state index contributed by atoms with van der Waals surface area (Å²) in [4.78, 5) is 2.18. The van der Waals surface area contributed by atoms with E-state index in [-0.39, 0.29) is 6.61 Å². The normalized spacial score (nSPS) is 10.5. The second-order valence-corrected chi connectivity index (χ2v) is 4.41. The van der Waals surface area contributed by atoms with Gasteiger partial charge in [0.05, 0.1) is 17.9 Å². The third-order valence-electron chi connectivity index (χ3n) is 3.12.